The maximum absolute atomic E-state index is 9.11. The summed E-state index contributed by atoms with van der Waals surface area (Å²) in [5.41, 5.74) is 2.22. The Balaban J connectivity index is 2.92. The lowest BCUT2D eigenvalue weighted by atomic mass is 10.2. The van der Waals surface area contributed by atoms with Gasteiger partial charge in [0, 0.05) is 20.1 Å². The third kappa shape index (κ3) is 3.46. The normalized spacial score (nSPS) is 11.2. The summed E-state index contributed by atoms with van der Waals surface area (Å²) in [6.07, 6.45) is 1.97. The van der Waals surface area contributed by atoms with Gasteiger partial charge in [0.25, 0.3) is 0 Å². The van der Waals surface area contributed by atoms with Crippen LogP contribution in [0.25, 0.3) is 0 Å². The molecular formula is C13H25N3O2. The van der Waals surface area contributed by atoms with Gasteiger partial charge in [0.15, 0.2) is 0 Å². The quantitative estimate of drug-likeness (QED) is 0.758. The zero-order chi connectivity index (χ0) is 13.5. The van der Waals surface area contributed by atoms with Crippen LogP contribution in [0.1, 0.15) is 31.5 Å². The van der Waals surface area contributed by atoms with Crippen molar-refractivity contribution >= 4 is 0 Å². The fourth-order valence-electron chi connectivity index (χ4n) is 2.26. The molecule has 0 saturated carbocycles. The Morgan fingerprint density at radius 1 is 1.33 bits per heavy atom. The lowest BCUT2D eigenvalue weighted by Gasteiger charge is -2.20. The molecule has 1 aromatic heterocycles. The van der Waals surface area contributed by atoms with Crippen molar-refractivity contribution in [1.82, 2.24) is 14.7 Å². The number of methoxy groups -OCH3 is 1. The van der Waals surface area contributed by atoms with Crippen LogP contribution in [-0.2, 0) is 20.0 Å². The van der Waals surface area contributed by atoms with Crippen LogP contribution in [0.4, 0.5) is 0 Å². The van der Waals surface area contributed by atoms with E-state index in [-0.39, 0.29) is 6.61 Å². The molecule has 104 valence electrons. The minimum absolute atomic E-state index is 0.185. The lowest BCUT2D eigenvalue weighted by Crippen LogP contribution is -2.27. The first-order valence-electron chi connectivity index (χ1n) is 6.59. The molecule has 1 aromatic rings. The van der Waals surface area contributed by atoms with Gasteiger partial charge in [-0.25, -0.2) is 4.68 Å². The second-order valence-electron chi connectivity index (χ2n) is 4.41. The van der Waals surface area contributed by atoms with E-state index in [0.717, 1.165) is 43.1 Å². The van der Waals surface area contributed by atoms with Crippen molar-refractivity contribution in [2.45, 2.75) is 33.2 Å². The molecule has 1 rings (SSSR count). The molecule has 0 aromatic carbocycles. The summed E-state index contributed by atoms with van der Waals surface area (Å²) in [7, 11) is 3.58. The number of hydrogen-bond acceptors (Lipinski definition) is 4. The molecule has 18 heavy (non-hydrogen) atoms. The minimum atomic E-state index is 0.185. The first-order valence-corrected chi connectivity index (χ1v) is 6.59. The minimum Gasteiger partial charge on any atom is -0.481 e. The molecule has 0 fully saturated rings. The Bertz CT molecular complexity index is 357. The number of aryl methyl sites for hydroxylation is 2. The van der Waals surface area contributed by atoms with Crippen molar-refractivity contribution in [3.8, 4) is 5.88 Å². The van der Waals surface area contributed by atoms with E-state index in [4.69, 9.17) is 9.84 Å². The summed E-state index contributed by atoms with van der Waals surface area (Å²) in [5.74, 6) is 0.825. The van der Waals surface area contributed by atoms with Crippen molar-refractivity contribution in [3.63, 3.8) is 0 Å². The molecule has 0 amide bonds. The molecule has 0 radical (unpaired) electrons. The Hall–Kier alpha value is -1.07. The highest BCUT2D eigenvalue weighted by atomic mass is 16.5. The summed E-state index contributed by atoms with van der Waals surface area (Å²) in [4.78, 5) is 2.23. The summed E-state index contributed by atoms with van der Waals surface area (Å²) in [6, 6.07) is 0. The third-order valence-corrected chi connectivity index (χ3v) is 3.04. The number of aliphatic hydroxyl groups excluding tert-OH is 1. The molecule has 0 saturated heterocycles. The smallest absolute Gasteiger partial charge is 0.216 e. The molecule has 0 atom stereocenters. The highest BCUT2D eigenvalue weighted by Gasteiger charge is 2.18. The average molecular weight is 255 g/mol. The van der Waals surface area contributed by atoms with Crippen LogP contribution < -0.4 is 4.74 Å². The fourth-order valence-corrected chi connectivity index (χ4v) is 2.26. The Morgan fingerprint density at radius 3 is 2.56 bits per heavy atom. The average Bonchev–Trinajstić information content (AvgIpc) is 2.65. The molecule has 0 spiro atoms. The molecule has 0 unspecified atom stereocenters. The fraction of sp³-hybridized carbons (Fsp3) is 0.769. The number of ether oxygens (including phenoxy) is 1. The van der Waals surface area contributed by atoms with Gasteiger partial charge in [-0.2, -0.15) is 5.10 Å². The van der Waals surface area contributed by atoms with Crippen LogP contribution in [0, 0.1) is 0 Å². The van der Waals surface area contributed by atoms with Crippen molar-refractivity contribution in [3.05, 3.63) is 11.3 Å². The van der Waals surface area contributed by atoms with Crippen LogP contribution >= 0.6 is 0 Å². The van der Waals surface area contributed by atoms with E-state index in [0.29, 0.717) is 6.54 Å². The van der Waals surface area contributed by atoms with Crippen LogP contribution in [0.3, 0.4) is 0 Å². The summed E-state index contributed by atoms with van der Waals surface area (Å²) < 4.78 is 7.22. The van der Waals surface area contributed by atoms with Gasteiger partial charge < -0.3 is 9.84 Å². The Kier molecular flexibility index (Phi) is 6.15. The number of aliphatic hydroxyl groups is 1. The predicted molar refractivity (Wildman–Crippen MR) is 71.8 cm³/mol. The van der Waals surface area contributed by atoms with Gasteiger partial charge >= 0.3 is 0 Å². The highest BCUT2D eigenvalue weighted by molar-refractivity contribution is 5.31. The maximum atomic E-state index is 9.11. The number of hydrogen-bond donors (Lipinski definition) is 1. The Morgan fingerprint density at radius 2 is 2.06 bits per heavy atom. The molecule has 0 aliphatic rings. The molecule has 5 heteroatoms. The van der Waals surface area contributed by atoms with E-state index in [9.17, 15) is 0 Å². The van der Waals surface area contributed by atoms with Gasteiger partial charge in [0.1, 0.15) is 0 Å². The SMILES string of the molecule is CCCN(CCO)Cc1c(CC)nn(C)c1OC. The zero-order valence-corrected chi connectivity index (χ0v) is 11.9. The van der Waals surface area contributed by atoms with Gasteiger partial charge in [-0.1, -0.05) is 13.8 Å². The van der Waals surface area contributed by atoms with Crippen molar-refractivity contribution in [1.29, 1.82) is 0 Å². The number of aromatic nitrogens is 2. The Labute approximate surface area is 109 Å². The second-order valence-corrected chi connectivity index (χ2v) is 4.41. The van der Waals surface area contributed by atoms with Gasteiger partial charge in [-0.3, -0.25) is 4.90 Å². The van der Waals surface area contributed by atoms with Crippen LogP contribution in [0.15, 0.2) is 0 Å². The van der Waals surface area contributed by atoms with E-state index in [1.165, 1.54) is 0 Å². The highest BCUT2D eigenvalue weighted by Crippen LogP contribution is 2.23. The number of rotatable bonds is 8. The molecule has 1 heterocycles. The van der Waals surface area contributed by atoms with E-state index in [1.807, 2.05) is 7.05 Å². The first-order chi connectivity index (χ1) is 8.67. The largest absolute Gasteiger partial charge is 0.481 e. The van der Waals surface area contributed by atoms with Gasteiger partial charge in [-0.05, 0) is 19.4 Å². The molecule has 0 aliphatic heterocycles. The second kappa shape index (κ2) is 7.38. The summed E-state index contributed by atoms with van der Waals surface area (Å²) in [5, 5.41) is 13.6. The van der Waals surface area contributed by atoms with Gasteiger partial charge in [-0.15, -0.1) is 0 Å². The summed E-state index contributed by atoms with van der Waals surface area (Å²) in [6.45, 7) is 6.88. The monoisotopic (exact) mass is 255 g/mol. The molecule has 1 N–H and O–H groups in total. The summed E-state index contributed by atoms with van der Waals surface area (Å²) >= 11 is 0. The molecular weight excluding hydrogens is 230 g/mol. The third-order valence-electron chi connectivity index (χ3n) is 3.04. The molecule has 0 aliphatic carbocycles. The van der Waals surface area contributed by atoms with E-state index >= 15 is 0 Å². The van der Waals surface area contributed by atoms with E-state index < -0.39 is 0 Å². The van der Waals surface area contributed by atoms with Gasteiger partial charge in [0.2, 0.25) is 5.88 Å². The topological polar surface area (TPSA) is 50.5 Å². The predicted octanol–water partition coefficient (Wildman–Crippen LogP) is 1.20. The molecule has 5 nitrogen and oxygen atoms in total. The number of nitrogens with zero attached hydrogens (tertiary/aromatic N) is 3. The van der Waals surface area contributed by atoms with E-state index in [2.05, 4.69) is 23.8 Å². The standard InChI is InChI=1S/C13H25N3O2/c1-5-7-16(8-9-17)10-11-12(6-2)14-15(3)13(11)18-4/h17H,5-10H2,1-4H3. The zero-order valence-electron chi connectivity index (χ0n) is 11.9. The van der Waals surface area contributed by atoms with Crippen LogP contribution in [-0.4, -0.2) is 46.6 Å². The lowest BCUT2D eigenvalue weighted by molar-refractivity contribution is 0.188. The van der Waals surface area contributed by atoms with Crippen LogP contribution in [0.2, 0.25) is 0 Å². The van der Waals surface area contributed by atoms with E-state index in [1.54, 1.807) is 11.8 Å². The van der Waals surface area contributed by atoms with Crippen molar-refractivity contribution in [2.75, 3.05) is 26.8 Å². The maximum Gasteiger partial charge on any atom is 0.216 e. The van der Waals surface area contributed by atoms with Crippen LogP contribution in [0.5, 0.6) is 5.88 Å². The first kappa shape index (κ1) is 15.0. The molecule has 0 bridgehead atoms. The van der Waals surface area contributed by atoms with Crippen molar-refractivity contribution < 1.29 is 9.84 Å². The van der Waals surface area contributed by atoms with Crippen molar-refractivity contribution in [2.24, 2.45) is 7.05 Å². The van der Waals surface area contributed by atoms with Gasteiger partial charge in [0.05, 0.1) is 25.0 Å².